The summed E-state index contributed by atoms with van der Waals surface area (Å²) in [5.74, 6) is 1.51. The molecule has 2 bridgehead atoms. The Kier molecular flexibility index (Phi) is 3.06. The van der Waals surface area contributed by atoms with Gasteiger partial charge in [-0.2, -0.15) is 0 Å². The first-order valence-electron chi connectivity index (χ1n) is 8.55. The molecule has 5 heteroatoms. The molecular weight excluding hydrogens is 306 g/mol. The van der Waals surface area contributed by atoms with E-state index in [2.05, 4.69) is 19.2 Å². The van der Waals surface area contributed by atoms with Crippen LogP contribution in [0.4, 0.5) is 5.69 Å². The first kappa shape index (κ1) is 15.5. The summed E-state index contributed by atoms with van der Waals surface area (Å²) in [6.07, 6.45) is 1.89. The first-order valence-corrected chi connectivity index (χ1v) is 8.55. The Bertz CT molecular complexity index is 741. The van der Waals surface area contributed by atoms with E-state index in [1.165, 1.54) is 0 Å². The van der Waals surface area contributed by atoms with Crippen molar-refractivity contribution in [2.24, 2.45) is 16.2 Å². The molecule has 2 atom stereocenters. The minimum atomic E-state index is -0.619. The highest BCUT2D eigenvalue weighted by atomic mass is 16.6. The molecule has 2 aliphatic carbocycles. The van der Waals surface area contributed by atoms with Crippen LogP contribution < -0.4 is 14.8 Å². The number of ketones is 1. The van der Waals surface area contributed by atoms with E-state index in [0.29, 0.717) is 36.8 Å². The lowest BCUT2D eigenvalue weighted by Gasteiger charge is -2.38. The van der Waals surface area contributed by atoms with Gasteiger partial charge < -0.3 is 14.8 Å². The van der Waals surface area contributed by atoms with Crippen LogP contribution >= 0.6 is 0 Å². The van der Waals surface area contributed by atoms with Crippen LogP contribution in [0.2, 0.25) is 0 Å². The van der Waals surface area contributed by atoms with E-state index in [9.17, 15) is 9.59 Å². The molecule has 1 aliphatic heterocycles. The molecule has 0 aromatic heterocycles. The fraction of sp³-hybridized carbons (Fsp3) is 0.579. The normalized spacial score (nSPS) is 32.7. The summed E-state index contributed by atoms with van der Waals surface area (Å²) in [6.45, 7) is 7.19. The number of benzene rings is 1. The molecule has 5 nitrogen and oxygen atoms in total. The summed E-state index contributed by atoms with van der Waals surface area (Å²) >= 11 is 0. The van der Waals surface area contributed by atoms with Crippen LogP contribution in [0.25, 0.3) is 0 Å². The van der Waals surface area contributed by atoms with Crippen molar-refractivity contribution in [2.75, 3.05) is 18.5 Å². The fourth-order valence-electron chi connectivity index (χ4n) is 4.73. The Morgan fingerprint density at radius 1 is 1.08 bits per heavy atom. The molecule has 0 radical (unpaired) electrons. The van der Waals surface area contributed by atoms with Gasteiger partial charge in [-0.3, -0.25) is 9.59 Å². The predicted octanol–water partition coefficient (Wildman–Crippen LogP) is 3.18. The number of fused-ring (bicyclic) bond motifs is 3. The maximum Gasteiger partial charge on any atom is 0.231 e. The second kappa shape index (κ2) is 4.74. The van der Waals surface area contributed by atoms with E-state index in [0.717, 1.165) is 12.8 Å². The summed E-state index contributed by atoms with van der Waals surface area (Å²) in [7, 11) is 0. The van der Waals surface area contributed by atoms with Gasteiger partial charge in [-0.25, -0.2) is 0 Å². The topological polar surface area (TPSA) is 64.6 Å². The summed E-state index contributed by atoms with van der Waals surface area (Å²) in [5.41, 5.74) is -0.666. The number of nitrogens with one attached hydrogen (secondary N) is 1. The molecule has 2 saturated carbocycles. The van der Waals surface area contributed by atoms with Crippen molar-refractivity contribution in [3.8, 4) is 11.5 Å². The van der Waals surface area contributed by atoms with Crippen molar-refractivity contribution in [2.45, 2.75) is 40.0 Å². The van der Waals surface area contributed by atoms with Crippen LogP contribution in [-0.4, -0.2) is 24.9 Å². The van der Waals surface area contributed by atoms with Gasteiger partial charge in [0.2, 0.25) is 5.91 Å². The smallest absolute Gasteiger partial charge is 0.231 e. The standard InChI is InChI=1S/C19H23NO4/c1-17(2)18(3)6-7-19(17,11-15(18)21)16(22)20-12-4-5-13-14(10-12)24-9-8-23-13/h4-5,10H,6-9,11H2,1-3H3,(H,20,22)/t18-,19+/m0/s1. The zero-order valence-corrected chi connectivity index (χ0v) is 14.4. The third-order valence-electron chi connectivity index (χ3n) is 6.94. The predicted molar refractivity (Wildman–Crippen MR) is 89.2 cm³/mol. The van der Waals surface area contributed by atoms with Crippen molar-refractivity contribution in [1.82, 2.24) is 0 Å². The van der Waals surface area contributed by atoms with Gasteiger partial charge in [0.1, 0.15) is 19.0 Å². The molecule has 3 aliphatic rings. The van der Waals surface area contributed by atoms with E-state index < -0.39 is 10.8 Å². The molecular formula is C19H23NO4. The molecule has 1 heterocycles. The molecule has 24 heavy (non-hydrogen) atoms. The fourth-order valence-corrected chi connectivity index (χ4v) is 4.73. The van der Waals surface area contributed by atoms with Crippen molar-refractivity contribution in [3.63, 3.8) is 0 Å². The lowest BCUT2D eigenvalue weighted by atomic mass is 9.64. The first-order chi connectivity index (χ1) is 11.3. The van der Waals surface area contributed by atoms with Crippen LogP contribution in [0.1, 0.15) is 40.0 Å². The lowest BCUT2D eigenvalue weighted by molar-refractivity contribution is -0.131. The molecule has 0 unspecified atom stereocenters. The van der Waals surface area contributed by atoms with Crippen LogP contribution in [0.15, 0.2) is 18.2 Å². The minimum Gasteiger partial charge on any atom is -0.486 e. The molecule has 0 saturated heterocycles. The quantitative estimate of drug-likeness (QED) is 0.905. The van der Waals surface area contributed by atoms with Gasteiger partial charge in [0.25, 0.3) is 0 Å². The van der Waals surface area contributed by atoms with Crippen LogP contribution in [-0.2, 0) is 9.59 Å². The van der Waals surface area contributed by atoms with Crippen LogP contribution in [0, 0.1) is 16.2 Å². The number of carbonyl (C=O) groups excluding carboxylic acids is 2. The average Bonchev–Trinajstić information content (AvgIpc) is 2.85. The number of anilines is 1. The molecule has 2 fully saturated rings. The van der Waals surface area contributed by atoms with Crippen LogP contribution in [0.5, 0.6) is 11.5 Å². The van der Waals surface area contributed by atoms with Crippen molar-refractivity contribution < 1.29 is 19.1 Å². The minimum absolute atomic E-state index is 0.0567. The summed E-state index contributed by atoms with van der Waals surface area (Å²) in [5, 5.41) is 3.02. The number of carbonyl (C=O) groups is 2. The highest BCUT2D eigenvalue weighted by Crippen LogP contribution is 2.70. The van der Waals surface area contributed by atoms with Gasteiger partial charge in [0, 0.05) is 23.6 Å². The maximum absolute atomic E-state index is 13.1. The maximum atomic E-state index is 13.1. The van der Waals surface area contributed by atoms with E-state index >= 15 is 0 Å². The third-order valence-corrected chi connectivity index (χ3v) is 6.94. The van der Waals surface area contributed by atoms with E-state index in [1.54, 1.807) is 6.07 Å². The zero-order chi connectivity index (χ0) is 17.2. The zero-order valence-electron chi connectivity index (χ0n) is 14.4. The molecule has 1 N–H and O–H groups in total. The second-order valence-electron chi connectivity index (χ2n) is 7.95. The third kappa shape index (κ3) is 1.75. The molecule has 128 valence electrons. The largest absolute Gasteiger partial charge is 0.486 e. The van der Waals surface area contributed by atoms with Crippen molar-refractivity contribution in [3.05, 3.63) is 18.2 Å². The molecule has 1 aromatic carbocycles. The number of hydrogen-bond donors (Lipinski definition) is 1. The van der Waals surface area contributed by atoms with Gasteiger partial charge >= 0.3 is 0 Å². The highest BCUT2D eigenvalue weighted by molar-refractivity contribution is 6.04. The molecule has 4 rings (SSSR count). The number of rotatable bonds is 2. The van der Waals surface area contributed by atoms with Gasteiger partial charge in [0.15, 0.2) is 11.5 Å². The second-order valence-corrected chi connectivity index (χ2v) is 7.95. The van der Waals surface area contributed by atoms with E-state index in [4.69, 9.17) is 9.47 Å². The van der Waals surface area contributed by atoms with Crippen molar-refractivity contribution in [1.29, 1.82) is 0 Å². The van der Waals surface area contributed by atoms with Gasteiger partial charge in [0.05, 0.1) is 5.41 Å². The van der Waals surface area contributed by atoms with Gasteiger partial charge in [-0.05, 0) is 30.4 Å². The van der Waals surface area contributed by atoms with Crippen LogP contribution in [0.3, 0.4) is 0 Å². The van der Waals surface area contributed by atoms with Crippen molar-refractivity contribution >= 4 is 17.4 Å². The Morgan fingerprint density at radius 2 is 1.79 bits per heavy atom. The Balaban J connectivity index is 1.62. The Morgan fingerprint density at radius 3 is 2.42 bits per heavy atom. The number of ether oxygens (including phenoxy) is 2. The average molecular weight is 329 g/mol. The summed E-state index contributed by atoms with van der Waals surface area (Å²) in [4.78, 5) is 25.6. The monoisotopic (exact) mass is 329 g/mol. The molecule has 1 aromatic rings. The Labute approximate surface area is 141 Å². The highest BCUT2D eigenvalue weighted by Gasteiger charge is 2.72. The summed E-state index contributed by atoms with van der Waals surface area (Å²) < 4.78 is 11.1. The number of amides is 1. The molecule has 1 amide bonds. The number of hydrogen-bond acceptors (Lipinski definition) is 4. The Hall–Kier alpha value is -2.04. The SMILES string of the molecule is CC1(C)[C@]2(C(=O)Nc3ccc4c(c3)OCCO4)CC[C@@]1(C)C(=O)C2. The summed E-state index contributed by atoms with van der Waals surface area (Å²) in [6, 6.07) is 5.42. The van der Waals surface area contributed by atoms with Gasteiger partial charge in [-0.1, -0.05) is 20.8 Å². The van der Waals surface area contributed by atoms with E-state index in [-0.39, 0.29) is 17.1 Å². The molecule has 0 spiro atoms. The number of Topliss-reactive ketones (excluding diaryl/α,β-unsaturated/α-hetero) is 1. The van der Waals surface area contributed by atoms with Gasteiger partial charge in [-0.15, -0.1) is 0 Å². The van der Waals surface area contributed by atoms with E-state index in [1.807, 2.05) is 19.1 Å². The lowest BCUT2D eigenvalue weighted by Crippen LogP contribution is -2.43.